The molecule has 1 aliphatic rings. The van der Waals surface area contributed by atoms with Crippen LogP contribution in [0.2, 0.25) is 0 Å². The summed E-state index contributed by atoms with van der Waals surface area (Å²) in [7, 11) is 0. The topological polar surface area (TPSA) is 75.4 Å². The number of nitrogens with one attached hydrogen (secondary N) is 1. The van der Waals surface area contributed by atoms with Crippen molar-refractivity contribution < 1.29 is 9.59 Å². The largest absolute Gasteiger partial charge is 0.326 e. The molecule has 0 aromatic heterocycles. The van der Waals surface area contributed by atoms with Gasteiger partial charge in [0.15, 0.2) is 0 Å². The van der Waals surface area contributed by atoms with Gasteiger partial charge in [-0.1, -0.05) is 54.1 Å². The van der Waals surface area contributed by atoms with Crippen molar-refractivity contribution in [3.05, 3.63) is 70.8 Å². The molecular weight excluding hydrogens is 290 g/mol. The van der Waals surface area contributed by atoms with Crippen molar-refractivity contribution in [1.29, 1.82) is 0 Å². The Morgan fingerprint density at radius 2 is 1.61 bits per heavy atom. The number of amides is 3. The maximum atomic E-state index is 12.6. The molecule has 23 heavy (non-hydrogen) atoms. The average molecular weight is 309 g/mol. The highest BCUT2D eigenvalue weighted by Gasteiger charge is 2.38. The SMILES string of the molecule is Cc1ccc(C2NC(=O)N(Cc3ccc(CN)cc3)C2=O)cc1. The Bertz CT molecular complexity index is 723. The van der Waals surface area contributed by atoms with E-state index in [9.17, 15) is 9.59 Å². The molecule has 0 radical (unpaired) electrons. The smallest absolute Gasteiger partial charge is 0.325 e. The van der Waals surface area contributed by atoms with Gasteiger partial charge in [0.1, 0.15) is 6.04 Å². The van der Waals surface area contributed by atoms with Gasteiger partial charge in [0, 0.05) is 6.54 Å². The molecule has 118 valence electrons. The van der Waals surface area contributed by atoms with E-state index < -0.39 is 6.04 Å². The van der Waals surface area contributed by atoms with Crippen molar-refractivity contribution in [2.75, 3.05) is 0 Å². The molecule has 3 N–H and O–H groups in total. The van der Waals surface area contributed by atoms with Crippen molar-refractivity contribution in [2.45, 2.75) is 26.1 Å². The summed E-state index contributed by atoms with van der Waals surface area (Å²) < 4.78 is 0. The summed E-state index contributed by atoms with van der Waals surface area (Å²) in [6.45, 7) is 2.72. The third kappa shape index (κ3) is 3.10. The van der Waals surface area contributed by atoms with E-state index in [-0.39, 0.29) is 18.5 Å². The fourth-order valence-corrected chi connectivity index (χ4v) is 2.62. The predicted molar refractivity (Wildman–Crippen MR) is 87.3 cm³/mol. The van der Waals surface area contributed by atoms with Gasteiger partial charge < -0.3 is 11.1 Å². The summed E-state index contributed by atoms with van der Waals surface area (Å²) in [4.78, 5) is 25.9. The second kappa shape index (κ2) is 6.22. The quantitative estimate of drug-likeness (QED) is 0.851. The van der Waals surface area contributed by atoms with Crippen LogP contribution in [-0.4, -0.2) is 16.8 Å². The molecule has 2 aromatic rings. The molecule has 0 saturated carbocycles. The van der Waals surface area contributed by atoms with Gasteiger partial charge in [-0.2, -0.15) is 0 Å². The van der Waals surface area contributed by atoms with Crippen molar-refractivity contribution in [3.8, 4) is 0 Å². The van der Waals surface area contributed by atoms with Gasteiger partial charge in [-0.3, -0.25) is 9.69 Å². The monoisotopic (exact) mass is 309 g/mol. The lowest BCUT2D eigenvalue weighted by Crippen LogP contribution is -2.30. The highest BCUT2D eigenvalue weighted by molar-refractivity contribution is 6.04. The first-order valence-corrected chi connectivity index (χ1v) is 7.55. The number of hydrogen-bond acceptors (Lipinski definition) is 3. The third-order valence-electron chi connectivity index (χ3n) is 4.04. The Kier molecular flexibility index (Phi) is 4.12. The number of urea groups is 1. The van der Waals surface area contributed by atoms with Crippen LogP contribution in [-0.2, 0) is 17.9 Å². The predicted octanol–water partition coefficient (Wildman–Crippen LogP) is 2.25. The van der Waals surface area contributed by atoms with Crippen LogP contribution in [0.5, 0.6) is 0 Å². The standard InChI is InChI=1S/C18H19N3O2/c1-12-2-8-15(9-3-12)16-17(22)21(18(23)20-16)11-14-6-4-13(10-19)5-7-14/h2-9,16H,10-11,19H2,1H3,(H,20,23). The summed E-state index contributed by atoms with van der Waals surface area (Å²) in [5.74, 6) is -0.221. The number of aryl methyl sites for hydroxylation is 1. The lowest BCUT2D eigenvalue weighted by molar-refractivity contribution is -0.128. The van der Waals surface area contributed by atoms with Gasteiger partial charge in [0.05, 0.1) is 6.54 Å². The molecule has 1 atom stereocenters. The van der Waals surface area contributed by atoms with E-state index in [1.54, 1.807) is 0 Å². The van der Waals surface area contributed by atoms with Crippen molar-refractivity contribution in [2.24, 2.45) is 5.73 Å². The van der Waals surface area contributed by atoms with Crippen molar-refractivity contribution in [1.82, 2.24) is 10.2 Å². The van der Waals surface area contributed by atoms with Crippen LogP contribution >= 0.6 is 0 Å². The van der Waals surface area contributed by atoms with Crippen LogP contribution in [0.3, 0.4) is 0 Å². The van der Waals surface area contributed by atoms with E-state index in [0.717, 1.165) is 22.3 Å². The van der Waals surface area contributed by atoms with Crippen molar-refractivity contribution in [3.63, 3.8) is 0 Å². The Morgan fingerprint density at radius 1 is 1.00 bits per heavy atom. The van der Waals surface area contributed by atoms with Crippen LogP contribution in [0.4, 0.5) is 4.79 Å². The molecule has 1 heterocycles. The Balaban J connectivity index is 1.76. The number of nitrogens with two attached hydrogens (primary N) is 1. The van der Waals surface area contributed by atoms with Crippen molar-refractivity contribution >= 4 is 11.9 Å². The van der Waals surface area contributed by atoms with Crippen LogP contribution in [0.1, 0.15) is 28.3 Å². The minimum absolute atomic E-state index is 0.221. The van der Waals surface area contributed by atoms with Gasteiger partial charge >= 0.3 is 6.03 Å². The van der Waals surface area contributed by atoms with E-state index in [2.05, 4.69) is 5.32 Å². The number of nitrogens with zero attached hydrogens (tertiary/aromatic N) is 1. The highest BCUT2D eigenvalue weighted by Crippen LogP contribution is 2.23. The maximum Gasteiger partial charge on any atom is 0.325 e. The fraction of sp³-hybridized carbons (Fsp3) is 0.222. The first-order valence-electron chi connectivity index (χ1n) is 7.55. The normalized spacial score (nSPS) is 17.5. The zero-order valence-corrected chi connectivity index (χ0v) is 13.0. The molecule has 0 spiro atoms. The first-order chi connectivity index (χ1) is 11.1. The number of carbonyl (C=O) groups excluding carboxylic acids is 2. The molecule has 2 aromatic carbocycles. The Labute approximate surface area is 135 Å². The van der Waals surface area contributed by atoms with E-state index >= 15 is 0 Å². The second-order valence-corrected chi connectivity index (χ2v) is 5.74. The Hall–Kier alpha value is -2.66. The lowest BCUT2D eigenvalue weighted by Gasteiger charge is -2.13. The molecular formula is C18H19N3O2. The Morgan fingerprint density at radius 3 is 2.22 bits per heavy atom. The molecule has 1 saturated heterocycles. The molecule has 3 rings (SSSR count). The molecule has 1 aliphatic heterocycles. The second-order valence-electron chi connectivity index (χ2n) is 5.74. The zero-order valence-electron chi connectivity index (χ0n) is 13.0. The van der Waals surface area contributed by atoms with Gasteiger partial charge in [-0.15, -0.1) is 0 Å². The van der Waals surface area contributed by atoms with Crippen LogP contribution in [0.15, 0.2) is 48.5 Å². The van der Waals surface area contributed by atoms with Crippen LogP contribution < -0.4 is 11.1 Å². The first kappa shape index (κ1) is 15.2. The molecule has 0 bridgehead atoms. The van der Waals surface area contributed by atoms with E-state index in [1.165, 1.54) is 4.90 Å². The summed E-state index contributed by atoms with van der Waals surface area (Å²) in [5, 5.41) is 2.75. The number of imide groups is 1. The minimum Gasteiger partial charge on any atom is -0.326 e. The molecule has 1 fully saturated rings. The summed E-state index contributed by atoms with van der Waals surface area (Å²) >= 11 is 0. The number of carbonyl (C=O) groups is 2. The van der Waals surface area contributed by atoms with Gasteiger partial charge in [0.2, 0.25) is 0 Å². The lowest BCUT2D eigenvalue weighted by atomic mass is 10.1. The van der Waals surface area contributed by atoms with Gasteiger partial charge in [-0.25, -0.2) is 4.79 Å². The third-order valence-corrected chi connectivity index (χ3v) is 4.04. The average Bonchev–Trinajstić information content (AvgIpc) is 2.84. The number of rotatable bonds is 4. The highest BCUT2D eigenvalue weighted by atomic mass is 16.2. The fourth-order valence-electron chi connectivity index (χ4n) is 2.62. The minimum atomic E-state index is -0.605. The van der Waals surface area contributed by atoms with Gasteiger partial charge in [-0.05, 0) is 23.6 Å². The number of benzene rings is 2. The maximum absolute atomic E-state index is 12.6. The van der Waals surface area contributed by atoms with Crippen LogP contribution in [0, 0.1) is 6.92 Å². The van der Waals surface area contributed by atoms with Crippen LogP contribution in [0.25, 0.3) is 0 Å². The summed E-state index contributed by atoms with van der Waals surface area (Å²) in [5.41, 5.74) is 9.40. The summed E-state index contributed by atoms with van der Waals surface area (Å²) in [6.07, 6.45) is 0. The molecule has 3 amide bonds. The van der Waals surface area contributed by atoms with E-state index in [0.29, 0.717) is 6.54 Å². The van der Waals surface area contributed by atoms with E-state index in [4.69, 9.17) is 5.73 Å². The molecule has 0 aliphatic carbocycles. The zero-order chi connectivity index (χ0) is 16.4. The number of hydrogen-bond donors (Lipinski definition) is 2. The summed E-state index contributed by atoms with van der Waals surface area (Å²) in [6, 6.07) is 14.2. The molecule has 5 heteroatoms. The van der Waals surface area contributed by atoms with Gasteiger partial charge in [0.25, 0.3) is 5.91 Å². The van der Waals surface area contributed by atoms with E-state index in [1.807, 2.05) is 55.5 Å². The molecule has 1 unspecified atom stereocenters. The molecule has 5 nitrogen and oxygen atoms in total.